The van der Waals surface area contributed by atoms with Gasteiger partial charge in [0.15, 0.2) is 5.69 Å². The number of carbonyl (C=O) groups excluding carboxylic acids is 1. The molecule has 0 unspecified atom stereocenters. The zero-order valence-corrected chi connectivity index (χ0v) is 17.0. The van der Waals surface area contributed by atoms with Crippen LogP contribution in [0.4, 0.5) is 4.39 Å². The standard InChI is InChI=1S/C20H17BrFNO3S/c1-2-25-20(24)17-12-27-19(23-17)10-14-9-15(21)5-8-18(14)26-11-13-3-6-16(22)7-4-13/h3-9,12H,2,10-11H2,1H3. The maximum atomic E-state index is 13.0. The third-order valence-electron chi connectivity index (χ3n) is 3.71. The molecule has 0 spiro atoms. The fourth-order valence-electron chi connectivity index (χ4n) is 2.42. The van der Waals surface area contributed by atoms with Gasteiger partial charge in [-0.2, -0.15) is 0 Å². The van der Waals surface area contributed by atoms with Crippen molar-refractivity contribution in [3.63, 3.8) is 0 Å². The molecule has 0 amide bonds. The van der Waals surface area contributed by atoms with Gasteiger partial charge in [-0.3, -0.25) is 0 Å². The van der Waals surface area contributed by atoms with Crippen molar-refractivity contribution in [2.45, 2.75) is 20.0 Å². The molecule has 0 fully saturated rings. The van der Waals surface area contributed by atoms with Crippen LogP contribution in [0.5, 0.6) is 5.75 Å². The predicted octanol–water partition coefficient (Wildman–Crippen LogP) is 5.39. The third kappa shape index (κ3) is 5.37. The number of carbonyl (C=O) groups is 1. The van der Waals surface area contributed by atoms with E-state index >= 15 is 0 Å². The van der Waals surface area contributed by atoms with Crippen LogP contribution in [0, 0.1) is 5.82 Å². The van der Waals surface area contributed by atoms with Crippen molar-refractivity contribution in [1.29, 1.82) is 0 Å². The topological polar surface area (TPSA) is 48.4 Å². The highest BCUT2D eigenvalue weighted by atomic mass is 79.9. The molecule has 0 saturated carbocycles. The Balaban J connectivity index is 1.74. The Hall–Kier alpha value is -2.25. The third-order valence-corrected chi connectivity index (χ3v) is 5.05. The van der Waals surface area contributed by atoms with Crippen molar-refractivity contribution >= 4 is 33.2 Å². The van der Waals surface area contributed by atoms with Crippen molar-refractivity contribution in [1.82, 2.24) is 4.98 Å². The highest BCUT2D eigenvalue weighted by molar-refractivity contribution is 9.10. The van der Waals surface area contributed by atoms with Crippen molar-refractivity contribution in [3.8, 4) is 5.75 Å². The molecule has 3 rings (SSSR count). The SMILES string of the molecule is CCOC(=O)c1csc(Cc2cc(Br)ccc2OCc2ccc(F)cc2)n1. The second kappa shape index (κ2) is 9.10. The van der Waals surface area contributed by atoms with Gasteiger partial charge in [-0.15, -0.1) is 11.3 Å². The smallest absolute Gasteiger partial charge is 0.357 e. The summed E-state index contributed by atoms with van der Waals surface area (Å²) >= 11 is 4.88. The number of benzene rings is 2. The van der Waals surface area contributed by atoms with Gasteiger partial charge in [-0.1, -0.05) is 28.1 Å². The van der Waals surface area contributed by atoms with Crippen LogP contribution in [0.15, 0.2) is 52.3 Å². The van der Waals surface area contributed by atoms with E-state index in [0.29, 0.717) is 25.3 Å². The molecule has 7 heteroatoms. The van der Waals surface area contributed by atoms with Crippen LogP contribution in [0.2, 0.25) is 0 Å². The van der Waals surface area contributed by atoms with E-state index in [9.17, 15) is 9.18 Å². The van der Waals surface area contributed by atoms with Crippen molar-refractivity contribution < 1.29 is 18.7 Å². The number of esters is 1. The van der Waals surface area contributed by atoms with E-state index in [0.717, 1.165) is 26.4 Å². The lowest BCUT2D eigenvalue weighted by atomic mass is 10.1. The van der Waals surface area contributed by atoms with Gasteiger partial charge in [0.1, 0.15) is 18.2 Å². The number of ether oxygens (including phenoxy) is 2. The van der Waals surface area contributed by atoms with Crippen LogP contribution in [0.25, 0.3) is 0 Å². The number of nitrogens with zero attached hydrogens (tertiary/aromatic N) is 1. The summed E-state index contributed by atoms with van der Waals surface area (Å²) in [6, 6.07) is 11.9. The molecular formula is C20H17BrFNO3S. The number of rotatable bonds is 7. The lowest BCUT2D eigenvalue weighted by Crippen LogP contribution is -2.05. The summed E-state index contributed by atoms with van der Waals surface area (Å²) in [5.41, 5.74) is 2.14. The molecule has 0 aliphatic heterocycles. The second-order valence-electron chi connectivity index (χ2n) is 5.69. The summed E-state index contributed by atoms with van der Waals surface area (Å²) in [6.45, 7) is 2.41. The Morgan fingerprint density at radius 3 is 2.74 bits per heavy atom. The average Bonchev–Trinajstić information content (AvgIpc) is 3.11. The number of halogens is 2. The van der Waals surface area contributed by atoms with Crippen molar-refractivity contribution in [2.24, 2.45) is 0 Å². The number of hydrogen-bond donors (Lipinski definition) is 0. The molecule has 1 aromatic heterocycles. The molecule has 0 saturated heterocycles. The Labute approximate surface area is 169 Å². The molecule has 1 heterocycles. The molecule has 0 bridgehead atoms. The number of thiazole rings is 1. The van der Waals surface area contributed by atoms with Crippen molar-refractivity contribution in [2.75, 3.05) is 6.61 Å². The Bertz CT molecular complexity index is 927. The molecule has 2 aromatic carbocycles. The van der Waals surface area contributed by atoms with E-state index in [1.165, 1.54) is 23.5 Å². The van der Waals surface area contributed by atoms with Crippen LogP contribution in [-0.2, 0) is 17.8 Å². The molecule has 0 aliphatic rings. The van der Waals surface area contributed by atoms with Crippen LogP contribution in [-0.4, -0.2) is 17.6 Å². The van der Waals surface area contributed by atoms with Gasteiger partial charge < -0.3 is 9.47 Å². The van der Waals surface area contributed by atoms with E-state index < -0.39 is 5.97 Å². The van der Waals surface area contributed by atoms with Crippen LogP contribution in [0.1, 0.15) is 33.5 Å². The quantitative estimate of drug-likeness (QED) is 0.453. The molecule has 0 aliphatic carbocycles. The molecule has 0 N–H and O–H groups in total. The van der Waals surface area contributed by atoms with Gasteiger partial charge in [0, 0.05) is 21.8 Å². The van der Waals surface area contributed by atoms with Gasteiger partial charge in [0.25, 0.3) is 0 Å². The number of hydrogen-bond acceptors (Lipinski definition) is 5. The molecule has 27 heavy (non-hydrogen) atoms. The summed E-state index contributed by atoms with van der Waals surface area (Å²) < 4.78 is 24.8. The maximum Gasteiger partial charge on any atom is 0.357 e. The number of aromatic nitrogens is 1. The maximum absolute atomic E-state index is 13.0. The van der Waals surface area contributed by atoms with E-state index in [1.54, 1.807) is 24.4 Å². The minimum absolute atomic E-state index is 0.274. The van der Waals surface area contributed by atoms with E-state index in [1.807, 2.05) is 18.2 Å². The monoisotopic (exact) mass is 449 g/mol. The fraction of sp³-hybridized carbons (Fsp3) is 0.200. The molecule has 4 nitrogen and oxygen atoms in total. The van der Waals surface area contributed by atoms with Gasteiger partial charge >= 0.3 is 5.97 Å². The van der Waals surface area contributed by atoms with Crippen LogP contribution < -0.4 is 4.74 Å². The summed E-state index contributed by atoms with van der Waals surface area (Å²) in [7, 11) is 0. The largest absolute Gasteiger partial charge is 0.489 e. The molecule has 0 radical (unpaired) electrons. The Morgan fingerprint density at radius 1 is 1.22 bits per heavy atom. The van der Waals surface area contributed by atoms with E-state index in [-0.39, 0.29) is 5.82 Å². The van der Waals surface area contributed by atoms with Gasteiger partial charge in [-0.25, -0.2) is 14.2 Å². The highest BCUT2D eigenvalue weighted by Crippen LogP contribution is 2.27. The lowest BCUT2D eigenvalue weighted by molar-refractivity contribution is 0.0520. The van der Waals surface area contributed by atoms with Crippen molar-refractivity contribution in [3.05, 3.63) is 80.0 Å². The normalized spacial score (nSPS) is 10.6. The summed E-state index contributed by atoms with van der Waals surface area (Å²) in [5.74, 6) is 0.0293. The first kappa shape index (κ1) is 19.5. The second-order valence-corrected chi connectivity index (χ2v) is 7.55. The van der Waals surface area contributed by atoms with E-state index in [2.05, 4.69) is 20.9 Å². The fourth-order valence-corrected chi connectivity index (χ4v) is 3.62. The lowest BCUT2D eigenvalue weighted by Gasteiger charge is -2.11. The summed E-state index contributed by atoms with van der Waals surface area (Å²) in [6.07, 6.45) is 0.530. The summed E-state index contributed by atoms with van der Waals surface area (Å²) in [5, 5.41) is 2.49. The van der Waals surface area contributed by atoms with Gasteiger partial charge in [0.05, 0.1) is 11.6 Å². The van der Waals surface area contributed by atoms with Gasteiger partial charge in [-0.05, 0) is 42.8 Å². The van der Waals surface area contributed by atoms with Crippen LogP contribution >= 0.6 is 27.3 Å². The molecule has 140 valence electrons. The van der Waals surface area contributed by atoms with E-state index in [4.69, 9.17) is 9.47 Å². The highest BCUT2D eigenvalue weighted by Gasteiger charge is 2.14. The average molecular weight is 450 g/mol. The first-order valence-corrected chi connectivity index (χ1v) is 9.99. The molecule has 0 atom stereocenters. The van der Waals surface area contributed by atoms with Gasteiger partial charge in [0.2, 0.25) is 0 Å². The van der Waals surface area contributed by atoms with Crippen LogP contribution in [0.3, 0.4) is 0 Å². The Kier molecular flexibility index (Phi) is 6.58. The predicted molar refractivity (Wildman–Crippen MR) is 106 cm³/mol. The zero-order valence-electron chi connectivity index (χ0n) is 14.6. The summed E-state index contributed by atoms with van der Waals surface area (Å²) in [4.78, 5) is 16.1. The first-order valence-electron chi connectivity index (χ1n) is 8.32. The first-order chi connectivity index (χ1) is 13.0. The Morgan fingerprint density at radius 2 is 2.00 bits per heavy atom. The molecular weight excluding hydrogens is 433 g/mol. The zero-order chi connectivity index (χ0) is 19.2. The molecule has 3 aromatic rings. The minimum Gasteiger partial charge on any atom is -0.489 e. The minimum atomic E-state index is -0.415.